The molecule has 2 aromatic rings. The normalized spacial score (nSPS) is 21.1. The fraction of sp³-hybridized carbons (Fsp3) is 0.294. The molecule has 104 valence electrons. The molecule has 1 saturated carbocycles. The van der Waals surface area contributed by atoms with Gasteiger partial charge < -0.3 is 10.1 Å². The van der Waals surface area contributed by atoms with E-state index in [9.17, 15) is 0 Å². The first kappa shape index (κ1) is 13.5. The van der Waals surface area contributed by atoms with E-state index >= 15 is 0 Å². The third-order valence-electron chi connectivity index (χ3n) is 3.94. The van der Waals surface area contributed by atoms with E-state index in [1.807, 2.05) is 12.1 Å². The number of anilines is 1. The second kappa shape index (κ2) is 5.88. The summed E-state index contributed by atoms with van der Waals surface area (Å²) in [6, 6.07) is 17.4. The van der Waals surface area contributed by atoms with Gasteiger partial charge in [0, 0.05) is 16.2 Å². The highest BCUT2D eigenvalue weighted by atomic mass is 79.9. The maximum Gasteiger partial charge on any atom is 0.119 e. The fourth-order valence-electron chi connectivity index (χ4n) is 2.67. The SMILES string of the molecule is COc1ccc(NC2CC(c3ccc(Br)cc3)C2)cc1. The summed E-state index contributed by atoms with van der Waals surface area (Å²) < 4.78 is 6.31. The molecule has 1 N–H and O–H groups in total. The molecule has 0 aliphatic heterocycles. The van der Waals surface area contributed by atoms with Gasteiger partial charge in [0.05, 0.1) is 7.11 Å². The lowest BCUT2D eigenvalue weighted by molar-refractivity contribution is 0.374. The number of rotatable bonds is 4. The number of ether oxygens (including phenoxy) is 1. The Labute approximate surface area is 128 Å². The number of hydrogen-bond acceptors (Lipinski definition) is 2. The molecule has 20 heavy (non-hydrogen) atoms. The molecule has 0 amide bonds. The van der Waals surface area contributed by atoms with Crippen molar-refractivity contribution in [2.24, 2.45) is 0 Å². The Morgan fingerprint density at radius 3 is 2.25 bits per heavy atom. The molecule has 1 aliphatic carbocycles. The van der Waals surface area contributed by atoms with Gasteiger partial charge in [-0.3, -0.25) is 0 Å². The molecule has 0 radical (unpaired) electrons. The topological polar surface area (TPSA) is 21.3 Å². The number of benzene rings is 2. The van der Waals surface area contributed by atoms with Crippen molar-refractivity contribution in [2.45, 2.75) is 24.8 Å². The Morgan fingerprint density at radius 2 is 1.65 bits per heavy atom. The summed E-state index contributed by atoms with van der Waals surface area (Å²) in [6.45, 7) is 0. The maximum atomic E-state index is 5.17. The minimum absolute atomic E-state index is 0.581. The van der Waals surface area contributed by atoms with Gasteiger partial charge in [0.1, 0.15) is 5.75 Å². The molecule has 3 rings (SSSR count). The van der Waals surface area contributed by atoms with Gasteiger partial charge in [-0.15, -0.1) is 0 Å². The van der Waals surface area contributed by atoms with Crippen molar-refractivity contribution >= 4 is 21.6 Å². The summed E-state index contributed by atoms with van der Waals surface area (Å²) in [4.78, 5) is 0. The van der Waals surface area contributed by atoms with Crippen LogP contribution in [0.2, 0.25) is 0 Å². The molecule has 3 heteroatoms. The molecule has 0 atom stereocenters. The van der Waals surface area contributed by atoms with Crippen LogP contribution in [-0.4, -0.2) is 13.2 Å². The van der Waals surface area contributed by atoms with Crippen LogP contribution in [-0.2, 0) is 0 Å². The number of nitrogens with one attached hydrogen (secondary N) is 1. The van der Waals surface area contributed by atoms with Crippen molar-refractivity contribution in [2.75, 3.05) is 12.4 Å². The molecule has 0 heterocycles. The summed E-state index contributed by atoms with van der Waals surface area (Å²) in [5, 5.41) is 3.58. The number of hydrogen-bond donors (Lipinski definition) is 1. The van der Waals surface area contributed by atoms with Crippen molar-refractivity contribution in [1.29, 1.82) is 0 Å². The van der Waals surface area contributed by atoms with Crippen LogP contribution >= 0.6 is 15.9 Å². The number of methoxy groups -OCH3 is 1. The van der Waals surface area contributed by atoms with Crippen molar-refractivity contribution < 1.29 is 4.74 Å². The molecule has 2 aromatic carbocycles. The molecule has 1 fully saturated rings. The summed E-state index contributed by atoms with van der Waals surface area (Å²) >= 11 is 3.48. The van der Waals surface area contributed by atoms with Gasteiger partial charge in [0.25, 0.3) is 0 Å². The van der Waals surface area contributed by atoms with Gasteiger partial charge >= 0.3 is 0 Å². The number of halogens is 1. The second-order valence-corrected chi connectivity index (χ2v) is 6.21. The average molecular weight is 332 g/mol. The minimum atomic E-state index is 0.581. The maximum absolute atomic E-state index is 5.17. The molecule has 0 unspecified atom stereocenters. The minimum Gasteiger partial charge on any atom is -0.497 e. The Hall–Kier alpha value is -1.48. The van der Waals surface area contributed by atoms with Crippen LogP contribution in [0.5, 0.6) is 5.75 Å². The van der Waals surface area contributed by atoms with Gasteiger partial charge in [-0.2, -0.15) is 0 Å². The molecule has 2 nitrogen and oxygen atoms in total. The van der Waals surface area contributed by atoms with Gasteiger partial charge in [-0.1, -0.05) is 28.1 Å². The highest BCUT2D eigenvalue weighted by Crippen LogP contribution is 2.38. The molecule has 0 spiro atoms. The second-order valence-electron chi connectivity index (χ2n) is 5.29. The zero-order valence-corrected chi connectivity index (χ0v) is 13.1. The largest absolute Gasteiger partial charge is 0.497 e. The van der Waals surface area contributed by atoms with E-state index < -0.39 is 0 Å². The molecule has 0 aromatic heterocycles. The predicted molar refractivity (Wildman–Crippen MR) is 86.5 cm³/mol. The van der Waals surface area contributed by atoms with Crippen molar-refractivity contribution in [3.63, 3.8) is 0 Å². The van der Waals surface area contributed by atoms with Crippen molar-refractivity contribution in [1.82, 2.24) is 0 Å². The Morgan fingerprint density at radius 1 is 1.00 bits per heavy atom. The zero-order chi connectivity index (χ0) is 13.9. The van der Waals surface area contributed by atoms with E-state index in [4.69, 9.17) is 4.74 Å². The third kappa shape index (κ3) is 2.98. The zero-order valence-electron chi connectivity index (χ0n) is 11.5. The average Bonchev–Trinajstić information content (AvgIpc) is 2.44. The smallest absolute Gasteiger partial charge is 0.119 e. The van der Waals surface area contributed by atoms with Gasteiger partial charge in [-0.05, 0) is 60.7 Å². The molecule has 0 saturated heterocycles. The summed E-state index contributed by atoms with van der Waals surface area (Å²) in [6.07, 6.45) is 2.40. The van der Waals surface area contributed by atoms with E-state index in [-0.39, 0.29) is 0 Å². The van der Waals surface area contributed by atoms with Crippen LogP contribution in [0, 0.1) is 0 Å². The van der Waals surface area contributed by atoms with Crippen LogP contribution in [0.1, 0.15) is 24.3 Å². The van der Waals surface area contributed by atoms with Crippen molar-refractivity contribution in [3.8, 4) is 5.75 Å². The van der Waals surface area contributed by atoms with Crippen LogP contribution in [0.25, 0.3) is 0 Å². The van der Waals surface area contributed by atoms with Crippen LogP contribution in [0.15, 0.2) is 53.0 Å². The first-order valence-electron chi connectivity index (χ1n) is 6.90. The van der Waals surface area contributed by atoms with Gasteiger partial charge in [-0.25, -0.2) is 0 Å². The first-order valence-corrected chi connectivity index (χ1v) is 7.70. The summed E-state index contributed by atoms with van der Waals surface area (Å²) in [5.74, 6) is 1.59. The van der Waals surface area contributed by atoms with E-state index in [0.717, 1.165) is 10.2 Å². The molecular weight excluding hydrogens is 314 g/mol. The standard InChI is InChI=1S/C17H18BrNO/c1-20-17-8-6-15(7-9-17)19-16-10-13(11-16)12-2-4-14(18)5-3-12/h2-9,13,16,19H,10-11H2,1H3. The van der Waals surface area contributed by atoms with E-state index in [0.29, 0.717) is 12.0 Å². The van der Waals surface area contributed by atoms with Gasteiger partial charge in [0.15, 0.2) is 0 Å². The highest BCUT2D eigenvalue weighted by molar-refractivity contribution is 9.10. The molecular formula is C17H18BrNO. The Bertz CT molecular complexity index is 559. The molecule has 1 aliphatic rings. The lowest BCUT2D eigenvalue weighted by Crippen LogP contribution is -2.33. The monoisotopic (exact) mass is 331 g/mol. The van der Waals surface area contributed by atoms with E-state index in [2.05, 4.69) is 57.6 Å². The Balaban J connectivity index is 1.53. The summed E-state index contributed by atoms with van der Waals surface area (Å²) in [5.41, 5.74) is 2.62. The predicted octanol–water partition coefficient (Wildman–Crippen LogP) is 4.82. The first-order chi connectivity index (χ1) is 9.74. The van der Waals surface area contributed by atoms with E-state index in [1.165, 1.54) is 24.1 Å². The lowest BCUT2D eigenvalue weighted by Gasteiger charge is -2.37. The van der Waals surface area contributed by atoms with Gasteiger partial charge in [0.2, 0.25) is 0 Å². The van der Waals surface area contributed by atoms with Crippen molar-refractivity contribution in [3.05, 3.63) is 58.6 Å². The molecule has 0 bridgehead atoms. The third-order valence-corrected chi connectivity index (χ3v) is 4.47. The van der Waals surface area contributed by atoms with Crippen LogP contribution in [0.4, 0.5) is 5.69 Å². The van der Waals surface area contributed by atoms with Crippen LogP contribution < -0.4 is 10.1 Å². The van der Waals surface area contributed by atoms with E-state index in [1.54, 1.807) is 7.11 Å². The highest BCUT2D eigenvalue weighted by Gasteiger charge is 2.29. The lowest BCUT2D eigenvalue weighted by atomic mass is 9.76. The Kier molecular flexibility index (Phi) is 3.97. The van der Waals surface area contributed by atoms with Crippen LogP contribution in [0.3, 0.4) is 0 Å². The quantitative estimate of drug-likeness (QED) is 0.867. The summed E-state index contributed by atoms with van der Waals surface area (Å²) in [7, 11) is 1.69. The fourth-order valence-corrected chi connectivity index (χ4v) is 2.93.